The van der Waals surface area contributed by atoms with Crippen LogP contribution < -0.4 is 5.32 Å². The molecule has 1 N–H and O–H groups in total. The predicted octanol–water partition coefficient (Wildman–Crippen LogP) is 2.50. The van der Waals surface area contributed by atoms with Gasteiger partial charge < -0.3 is 9.73 Å². The number of furan rings is 1. The topological polar surface area (TPSA) is 81.2 Å². The van der Waals surface area contributed by atoms with Gasteiger partial charge in [-0.05, 0) is 24.6 Å². The molecule has 2 aromatic heterocycles. The molecule has 0 aromatic carbocycles. The fourth-order valence-electron chi connectivity index (χ4n) is 1.43. The Bertz CT molecular complexity index is 523. The number of aryl methyl sites for hydroxylation is 1. The minimum atomic E-state index is -0.462. The Hall–Kier alpha value is -2.37. The smallest absolute Gasteiger partial charge is 0.287 e. The van der Waals surface area contributed by atoms with Crippen LogP contribution in [0.3, 0.4) is 0 Å². The predicted molar refractivity (Wildman–Crippen MR) is 61.7 cm³/mol. The molecule has 0 unspecified atom stereocenters. The number of anilines is 1. The van der Waals surface area contributed by atoms with E-state index in [4.69, 9.17) is 4.42 Å². The molecule has 0 aliphatic heterocycles. The van der Waals surface area contributed by atoms with E-state index in [1.54, 1.807) is 19.3 Å². The van der Waals surface area contributed by atoms with E-state index >= 15 is 0 Å². The molecule has 6 nitrogen and oxygen atoms in total. The van der Waals surface area contributed by atoms with E-state index in [2.05, 4.69) is 10.3 Å². The number of nitro groups is 1. The summed E-state index contributed by atoms with van der Waals surface area (Å²) in [7, 11) is 0. The number of nitrogens with zero attached hydrogens (tertiary/aromatic N) is 2. The summed E-state index contributed by atoms with van der Waals surface area (Å²) in [6, 6.07) is 5.12. The molecule has 0 fully saturated rings. The number of pyridine rings is 1. The summed E-state index contributed by atoms with van der Waals surface area (Å²) in [6.07, 6.45) is 2.82. The summed E-state index contributed by atoms with van der Waals surface area (Å²) in [4.78, 5) is 14.1. The van der Waals surface area contributed by atoms with E-state index in [9.17, 15) is 10.1 Å². The van der Waals surface area contributed by atoms with Crippen molar-refractivity contribution in [3.05, 3.63) is 52.1 Å². The molecule has 0 saturated carbocycles. The van der Waals surface area contributed by atoms with Gasteiger partial charge in [-0.15, -0.1) is 0 Å². The first kappa shape index (κ1) is 11.1. The van der Waals surface area contributed by atoms with Crippen molar-refractivity contribution in [1.29, 1.82) is 0 Å². The summed E-state index contributed by atoms with van der Waals surface area (Å²) >= 11 is 0. The van der Waals surface area contributed by atoms with E-state index in [0.29, 0.717) is 12.4 Å². The summed E-state index contributed by atoms with van der Waals surface area (Å²) in [5.41, 5.74) is 0.719. The van der Waals surface area contributed by atoms with Crippen molar-refractivity contribution in [3.63, 3.8) is 0 Å². The first-order chi connectivity index (χ1) is 8.16. The van der Waals surface area contributed by atoms with Crippen LogP contribution in [0.2, 0.25) is 0 Å². The highest BCUT2D eigenvalue weighted by molar-refractivity contribution is 5.48. The highest BCUT2D eigenvalue weighted by Crippen LogP contribution is 2.18. The van der Waals surface area contributed by atoms with Crippen molar-refractivity contribution < 1.29 is 9.34 Å². The largest absolute Gasteiger partial charge is 0.467 e. The zero-order chi connectivity index (χ0) is 12.3. The molecule has 0 atom stereocenters. The average molecular weight is 233 g/mol. The van der Waals surface area contributed by atoms with Crippen LogP contribution >= 0.6 is 0 Å². The van der Waals surface area contributed by atoms with Crippen LogP contribution in [0.25, 0.3) is 0 Å². The molecule has 6 heteroatoms. The van der Waals surface area contributed by atoms with Crippen LogP contribution in [0, 0.1) is 17.0 Å². The van der Waals surface area contributed by atoms with Gasteiger partial charge in [0.15, 0.2) is 0 Å². The average Bonchev–Trinajstić information content (AvgIpc) is 2.80. The van der Waals surface area contributed by atoms with E-state index in [0.717, 1.165) is 11.3 Å². The second-order valence-corrected chi connectivity index (χ2v) is 3.55. The Kier molecular flexibility index (Phi) is 3.04. The minimum absolute atomic E-state index is 0.00829. The molecule has 17 heavy (non-hydrogen) atoms. The summed E-state index contributed by atoms with van der Waals surface area (Å²) in [6.45, 7) is 2.27. The number of aromatic nitrogens is 1. The van der Waals surface area contributed by atoms with Crippen molar-refractivity contribution in [3.8, 4) is 0 Å². The van der Waals surface area contributed by atoms with E-state index < -0.39 is 4.92 Å². The molecule has 88 valence electrons. The Morgan fingerprint density at radius 1 is 1.59 bits per heavy atom. The number of hydrogen-bond donors (Lipinski definition) is 1. The molecule has 2 rings (SSSR count). The van der Waals surface area contributed by atoms with Crippen LogP contribution in [0.4, 0.5) is 11.5 Å². The number of hydrogen-bond acceptors (Lipinski definition) is 5. The van der Waals surface area contributed by atoms with Crippen LogP contribution in [0.15, 0.2) is 35.1 Å². The molecule has 0 aliphatic rings. The van der Waals surface area contributed by atoms with Gasteiger partial charge in [-0.2, -0.15) is 0 Å². The lowest BCUT2D eigenvalue weighted by molar-refractivity contribution is -0.385. The lowest BCUT2D eigenvalue weighted by Crippen LogP contribution is -2.03. The van der Waals surface area contributed by atoms with Gasteiger partial charge in [0.05, 0.1) is 17.7 Å². The Morgan fingerprint density at radius 3 is 3.00 bits per heavy atom. The Balaban J connectivity index is 2.09. The van der Waals surface area contributed by atoms with Gasteiger partial charge in [-0.3, -0.25) is 10.1 Å². The monoisotopic (exact) mass is 233 g/mol. The lowest BCUT2D eigenvalue weighted by atomic mass is 10.2. The van der Waals surface area contributed by atoms with Crippen molar-refractivity contribution in [1.82, 2.24) is 4.98 Å². The van der Waals surface area contributed by atoms with Gasteiger partial charge in [0, 0.05) is 6.07 Å². The normalized spacial score (nSPS) is 10.2. The number of nitrogens with one attached hydrogen (secondary N) is 1. The van der Waals surface area contributed by atoms with Crippen LogP contribution in [0.5, 0.6) is 0 Å². The summed E-state index contributed by atoms with van der Waals surface area (Å²) < 4.78 is 5.16. The maximum absolute atomic E-state index is 10.5. The number of rotatable bonds is 4. The standard InChI is InChI=1S/C11H11N3O3/c1-8-5-9(14(15)16)6-12-11(8)13-7-10-3-2-4-17-10/h2-6H,7H2,1H3,(H,12,13). The quantitative estimate of drug-likeness (QED) is 0.648. The third-order valence-electron chi connectivity index (χ3n) is 2.28. The zero-order valence-corrected chi connectivity index (χ0v) is 9.21. The molecule has 0 radical (unpaired) electrons. The lowest BCUT2D eigenvalue weighted by Gasteiger charge is -2.06. The highest BCUT2D eigenvalue weighted by Gasteiger charge is 2.09. The molecule has 0 aliphatic carbocycles. The fourth-order valence-corrected chi connectivity index (χ4v) is 1.43. The molecular formula is C11H11N3O3. The van der Waals surface area contributed by atoms with Gasteiger partial charge >= 0.3 is 0 Å². The Labute approximate surface area is 97.4 Å². The molecule has 0 saturated heterocycles. The second kappa shape index (κ2) is 4.65. The van der Waals surface area contributed by atoms with Crippen LogP contribution in [-0.2, 0) is 6.54 Å². The molecule has 0 bridgehead atoms. The van der Waals surface area contributed by atoms with Gasteiger partial charge in [0.25, 0.3) is 5.69 Å². The second-order valence-electron chi connectivity index (χ2n) is 3.55. The van der Waals surface area contributed by atoms with Crippen LogP contribution in [0.1, 0.15) is 11.3 Å². The van der Waals surface area contributed by atoms with Crippen molar-refractivity contribution >= 4 is 11.5 Å². The molecule has 0 amide bonds. The SMILES string of the molecule is Cc1cc([N+](=O)[O-])cnc1NCc1ccco1. The Morgan fingerprint density at radius 2 is 2.41 bits per heavy atom. The zero-order valence-electron chi connectivity index (χ0n) is 9.21. The maximum atomic E-state index is 10.5. The van der Waals surface area contributed by atoms with Gasteiger partial charge in [0.2, 0.25) is 0 Å². The third-order valence-corrected chi connectivity index (χ3v) is 2.28. The van der Waals surface area contributed by atoms with E-state index in [1.807, 2.05) is 6.07 Å². The molecule has 2 heterocycles. The maximum Gasteiger partial charge on any atom is 0.287 e. The summed E-state index contributed by atoms with van der Waals surface area (Å²) in [5.74, 6) is 1.40. The van der Waals surface area contributed by atoms with Gasteiger partial charge in [0.1, 0.15) is 17.8 Å². The van der Waals surface area contributed by atoms with Crippen molar-refractivity contribution in [2.45, 2.75) is 13.5 Å². The molecule has 2 aromatic rings. The van der Waals surface area contributed by atoms with Crippen molar-refractivity contribution in [2.75, 3.05) is 5.32 Å². The fraction of sp³-hybridized carbons (Fsp3) is 0.182. The first-order valence-electron chi connectivity index (χ1n) is 5.04. The van der Waals surface area contributed by atoms with Crippen molar-refractivity contribution in [2.24, 2.45) is 0 Å². The van der Waals surface area contributed by atoms with Gasteiger partial charge in [-0.1, -0.05) is 0 Å². The summed E-state index contributed by atoms with van der Waals surface area (Å²) in [5, 5.41) is 13.6. The first-order valence-corrected chi connectivity index (χ1v) is 5.04. The van der Waals surface area contributed by atoms with E-state index in [1.165, 1.54) is 12.3 Å². The minimum Gasteiger partial charge on any atom is -0.467 e. The molecule has 0 spiro atoms. The molecular weight excluding hydrogens is 222 g/mol. The van der Waals surface area contributed by atoms with Crippen LogP contribution in [-0.4, -0.2) is 9.91 Å². The van der Waals surface area contributed by atoms with E-state index in [-0.39, 0.29) is 5.69 Å². The third kappa shape index (κ3) is 2.60. The van der Waals surface area contributed by atoms with Gasteiger partial charge in [-0.25, -0.2) is 4.98 Å². The highest BCUT2D eigenvalue weighted by atomic mass is 16.6.